The highest BCUT2D eigenvalue weighted by molar-refractivity contribution is 5.83. The maximum absolute atomic E-state index is 11.6. The van der Waals surface area contributed by atoms with E-state index in [-0.39, 0.29) is 25.9 Å². The summed E-state index contributed by atoms with van der Waals surface area (Å²) >= 11 is 0. The van der Waals surface area contributed by atoms with Crippen molar-refractivity contribution in [3.63, 3.8) is 0 Å². The fourth-order valence-corrected chi connectivity index (χ4v) is 1.69. The van der Waals surface area contributed by atoms with Gasteiger partial charge in [-0.25, -0.2) is 4.79 Å². The predicted octanol–water partition coefficient (Wildman–Crippen LogP) is 0.787. The van der Waals surface area contributed by atoms with Crippen LogP contribution in [0.5, 0.6) is 0 Å². The second-order valence-corrected chi connectivity index (χ2v) is 4.31. The van der Waals surface area contributed by atoms with Gasteiger partial charge in [0.1, 0.15) is 6.04 Å². The summed E-state index contributed by atoms with van der Waals surface area (Å²) in [5, 5.41) is 20.5. The third kappa shape index (κ3) is 6.90. The van der Waals surface area contributed by atoms with Gasteiger partial charge in [-0.1, -0.05) is 30.3 Å². The minimum Gasteiger partial charge on any atom is -0.480 e. The van der Waals surface area contributed by atoms with Crippen molar-refractivity contribution in [2.24, 2.45) is 0 Å². The Kier molecular flexibility index (Phi) is 6.66. The zero-order chi connectivity index (χ0) is 15.7. The van der Waals surface area contributed by atoms with Crippen LogP contribution in [0.25, 0.3) is 0 Å². The molecular formula is C13H16N2O6. The Morgan fingerprint density at radius 2 is 2.00 bits per heavy atom. The highest BCUT2D eigenvalue weighted by Crippen LogP contribution is 2.04. The van der Waals surface area contributed by atoms with E-state index >= 15 is 0 Å². The minimum absolute atomic E-state index is 0.0353. The minimum atomic E-state index is -1.13. The lowest BCUT2D eigenvalue weighted by Crippen LogP contribution is -2.42. The molecule has 0 bridgehead atoms. The van der Waals surface area contributed by atoms with Gasteiger partial charge in [0.2, 0.25) is 5.91 Å². The van der Waals surface area contributed by atoms with E-state index < -0.39 is 23.0 Å². The van der Waals surface area contributed by atoms with Gasteiger partial charge < -0.3 is 15.3 Å². The maximum atomic E-state index is 11.6. The van der Waals surface area contributed by atoms with Gasteiger partial charge in [0.15, 0.2) is 0 Å². The summed E-state index contributed by atoms with van der Waals surface area (Å²) in [7, 11) is 0. The molecule has 0 saturated heterocycles. The Bertz CT molecular complexity index is 491. The lowest BCUT2D eigenvalue weighted by atomic mass is 10.1. The number of carboxylic acids is 1. The third-order valence-corrected chi connectivity index (χ3v) is 2.66. The van der Waals surface area contributed by atoms with Gasteiger partial charge in [-0.3, -0.25) is 4.79 Å². The first-order chi connectivity index (χ1) is 9.99. The smallest absolute Gasteiger partial charge is 0.326 e. The molecule has 1 amide bonds. The van der Waals surface area contributed by atoms with Crippen molar-refractivity contribution >= 4 is 11.9 Å². The molecule has 1 rings (SSSR count). The fourth-order valence-electron chi connectivity index (χ4n) is 1.69. The molecule has 1 unspecified atom stereocenters. The summed E-state index contributed by atoms with van der Waals surface area (Å²) in [6.07, 6.45) is 0.282. The van der Waals surface area contributed by atoms with Crippen LogP contribution >= 0.6 is 0 Å². The van der Waals surface area contributed by atoms with E-state index in [0.29, 0.717) is 0 Å². The van der Waals surface area contributed by atoms with E-state index in [0.717, 1.165) is 5.56 Å². The second-order valence-electron chi connectivity index (χ2n) is 4.31. The van der Waals surface area contributed by atoms with Gasteiger partial charge in [0.25, 0.3) is 5.09 Å². The number of hydrogen-bond acceptors (Lipinski definition) is 5. The van der Waals surface area contributed by atoms with Gasteiger partial charge in [0.05, 0.1) is 6.61 Å². The van der Waals surface area contributed by atoms with Crippen molar-refractivity contribution in [1.29, 1.82) is 0 Å². The van der Waals surface area contributed by atoms with E-state index in [9.17, 15) is 19.7 Å². The molecule has 0 aliphatic heterocycles. The van der Waals surface area contributed by atoms with Gasteiger partial charge in [-0.2, -0.15) is 0 Å². The van der Waals surface area contributed by atoms with Crippen LogP contribution < -0.4 is 5.32 Å². The van der Waals surface area contributed by atoms with Crippen molar-refractivity contribution in [3.8, 4) is 0 Å². The normalized spacial score (nSPS) is 11.4. The predicted molar refractivity (Wildman–Crippen MR) is 71.9 cm³/mol. The van der Waals surface area contributed by atoms with E-state index in [4.69, 9.17) is 5.11 Å². The van der Waals surface area contributed by atoms with Gasteiger partial charge in [0, 0.05) is 12.8 Å². The van der Waals surface area contributed by atoms with Crippen LogP contribution in [0.2, 0.25) is 0 Å². The molecule has 21 heavy (non-hydrogen) atoms. The average molecular weight is 296 g/mol. The summed E-state index contributed by atoms with van der Waals surface area (Å²) < 4.78 is 0. The molecular weight excluding hydrogens is 280 g/mol. The van der Waals surface area contributed by atoms with E-state index in [1.165, 1.54) is 0 Å². The molecule has 1 atom stereocenters. The first-order valence-corrected chi connectivity index (χ1v) is 6.32. The average Bonchev–Trinajstić information content (AvgIpc) is 2.44. The van der Waals surface area contributed by atoms with Crippen LogP contribution in [0.15, 0.2) is 30.3 Å². The largest absolute Gasteiger partial charge is 0.480 e. The van der Waals surface area contributed by atoms with Crippen LogP contribution in [0.4, 0.5) is 0 Å². The fraction of sp³-hybridized carbons (Fsp3) is 0.385. The van der Waals surface area contributed by atoms with Crippen LogP contribution in [-0.4, -0.2) is 34.7 Å². The molecule has 0 aromatic heterocycles. The molecule has 0 spiro atoms. The Balaban J connectivity index is 2.41. The SMILES string of the molecule is O=C(CCCO[N+](=O)[O-])NC(Cc1ccccc1)C(=O)O. The quantitative estimate of drug-likeness (QED) is 0.395. The molecule has 1 aromatic carbocycles. The Hall–Kier alpha value is -2.64. The van der Waals surface area contributed by atoms with Crippen LogP contribution in [0.3, 0.4) is 0 Å². The number of aliphatic carboxylic acids is 1. The molecule has 0 fully saturated rings. The van der Waals surface area contributed by atoms with Crippen molar-refractivity contribution in [3.05, 3.63) is 46.0 Å². The standard InChI is InChI=1S/C13H16N2O6/c16-12(7-4-8-21-15(19)20)14-11(13(17)18)9-10-5-2-1-3-6-10/h1-3,5-6,11H,4,7-9H2,(H,14,16)(H,17,18). The molecule has 0 aliphatic rings. The molecule has 1 aromatic rings. The summed E-state index contributed by atoms with van der Waals surface area (Å²) in [6, 6.07) is 7.89. The lowest BCUT2D eigenvalue weighted by Gasteiger charge is -2.14. The number of amides is 1. The van der Waals surface area contributed by atoms with Crippen molar-refractivity contribution < 1.29 is 24.6 Å². The Morgan fingerprint density at radius 1 is 1.33 bits per heavy atom. The number of carbonyl (C=O) groups is 2. The number of carboxylic acid groups (broad SMARTS) is 1. The first kappa shape index (κ1) is 16.4. The highest BCUT2D eigenvalue weighted by Gasteiger charge is 2.20. The van der Waals surface area contributed by atoms with Crippen molar-refractivity contribution in [2.75, 3.05) is 6.61 Å². The van der Waals surface area contributed by atoms with Crippen LogP contribution in [-0.2, 0) is 20.8 Å². The molecule has 0 radical (unpaired) electrons. The summed E-state index contributed by atoms with van der Waals surface area (Å²) in [6.45, 7) is -0.198. The molecule has 8 heteroatoms. The third-order valence-electron chi connectivity index (χ3n) is 2.66. The first-order valence-electron chi connectivity index (χ1n) is 6.32. The van der Waals surface area contributed by atoms with Crippen LogP contribution in [0, 0.1) is 10.1 Å². The van der Waals surface area contributed by atoms with Crippen LogP contribution in [0.1, 0.15) is 18.4 Å². The summed E-state index contributed by atoms with van der Waals surface area (Å²) in [4.78, 5) is 36.7. The topological polar surface area (TPSA) is 119 Å². The number of hydrogen-bond donors (Lipinski definition) is 2. The number of carbonyl (C=O) groups excluding carboxylic acids is 1. The molecule has 114 valence electrons. The molecule has 0 aliphatic carbocycles. The zero-order valence-corrected chi connectivity index (χ0v) is 11.2. The zero-order valence-electron chi connectivity index (χ0n) is 11.2. The number of nitrogens with one attached hydrogen (secondary N) is 1. The molecule has 0 saturated carbocycles. The van der Waals surface area contributed by atoms with Gasteiger partial charge >= 0.3 is 5.97 Å². The Labute approximate surface area is 120 Å². The van der Waals surface area contributed by atoms with Gasteiger partial charge in [-0.15, -0.1) is 10.1 Å². The number of rotatable bonds is 9. The van der Waals surface area contributed by atoms with E-state index in [2.05, 4.69) is 10.2 Å². The van der Waals surface area contributed by atoms with Gasteiger partial charge in [-0.05, 0) is 12.0 Å². The molecule has 0 heterocycles. The highest BCUT2D eigenvalue weighted by atomic mass is 16.9. The number of nitrogens with zero attached hydrogens (tertiary/aromatic N) is 1. The lowest BCUT2D eigenvalue weighted by molar-refractivity contribution is -0.757. The van der Waals surface area contributed by atoms with E-state index in [1.54, 1.807) is 24.3 Å². The summed E-state index contributed by atoms with van der Waals surface area (Å²) in [5.41, 5.74) is 0.793. The maximum Gasteiger partial charge on any atom is 0.326 e. The van der Waals surface area contributed by atoms with Crippen molar-refractivity contribution in [2.45, 2.75) is 25.3 Å². The van der Waals surface area contributed by atoms with E-state index in [1.807, 2.05) is 6.07 Å². The summed E-state index contributed by atoms with van der Waals surface area (Å²) in [5.74, 6) is -1.61. The Morgan fingerprint density at radius 3 is 2.57 bits per heavy atom. The molecule has 8 nitrogen and oxygen atoms in total. The van der Waals surface area contributed by atoms with Crippen molar-refractivity contribution in [1.82, 2.24) is 5.32 Å². The molecule has 2 N–H and O–H groups in total. The second kappa shape index (κ2) is 8.51. The monoisotopic (exact) mass is 296 g/mol. The number of benzene rings is 1.